The van der Waals surface area contributed by atoms with Crippen molar-refractivity contribution in [2.24, 2.45) is 0 Å². The third kappa shape index (κ3) is 2.57. The molecule has 0 spiro atoms. The van der Waals surface area contributed by atoms with Crippen LogP contribution < -0.4 is 5.56 Å². The molecule has 0 fully saturated rings. The zero-order valence-corrected chi connectivity index (χ0v) is 8.16. The number of nitrogens with one attached hydrogen (secondary N) is 2. The quantitative estimate of drug-likeness (QED) is 0.484. The highest BCUT2D eigenvalue weighted by Crippen LogP contribution is 1.94. The summed E-state index contributed by atoms with van der Waals surface area (Å²) < 4.78 is 0. The van der Waals surface area contributed by atoms with E-state index in [0.717, 1.165) is 0 Å². The molecule has 0 aliphatic carbocycles. The van der Waals surface area contributed by atoms with Gasteiger partial charge in [0.25, 0.3) is 5.56 Å². The van der Waals surface area contributed by atoms with Gasteiger partial charge in [0.2, 0.25) is 0 Å². The summed E-state index contributed by atoms with van der Waals surface area (Å²) in [6, 6.07) is 0. The SMILES string of the molecule is O=c1[nH]cnc2nc[nH]c12.OCCS. The fourth-order valence-electron chi connectivity index (χ4n) is 0.776. The third-order valence-electron chi connectivity index (χ3n) is 1.33. The molecule has 14 heavy (non-hydrogen) atoms. The third-order valence-corrected chi connectivity index (χ3v) is 1.53. The second-order valence-corrected chi connectivity index (χ2v) is 2.73. The summed E-state index contributed by atoms with van der Waals surface area (Å²) in [6.07, 6.45) is 2.76. The minimum Gasteiger partial charge on any atom is -0.396 e. The van der Waals surface area contributed by atoms with Crippen LogP contribution in [0.3, 0.4) is 0 Å². The number of fused-ring (bicyclic) bond motifs is 1. The van der Waals surface area contributed by atoms with Crippen LogP contribution in [0, 0.1) is 0 Å². The van der Waals surface area contributed by atoms with E-state index in [1.165, 1.54) is 12.7 Å². The standard InChI is InChI=1S/C5H4N4O.C2H6OS/c10-5-3-4(7-1-6-3)8-2-9-5;3-1-2-4/h1-2H,(H2,6,7,8,9,10);3-4H,1-2H2. The van der Waals surface area contributed by atoms with Crippen molar-refractivity contribution in [3.8, 4) is 0 Å². The van der Waals surface area contributed by atoms with Crippen molar-refractivity contribution in [2.75, 3.05) is 12.4 Å². The molecule has 0 atom stereocenters. The van der Waals surface area contributed by atoms with Crippen molar-refractivity contribution in [3.63, 3.8) is 0 Å². The van der Waals surface area contributed by atoms with Crippen molar-refractivity contribution in [1.82, 2.24) is 19.9 Å². The van der Waals surface area contributed by atoms with Crippen molar-refractivity contribution in [2.45, 2.75) is 0 Å². The Morgan fingerprint density at radius 2 is 1.93 bits per heavy atom. The number of nitrogens with zero attached hydrogens (tertiary/aromatic N) is 2. The fraction of sp³-hybridized carbons (Fsp3) is 0.286. The molecule has 0 aromatic carbocycles. The van der Waals surface area contributed by atoms with E-state index in [0.29, 0.717) is 16.9 Å². The van der Waals surface area contributed by atoms with Gasteiger partial charge >= 0.3 is 0 Å². The maximum absolute atomic E-state index is 10.9. The summed E-state index contributed by atoms with van der Waals surface area (Å²) >= 11 is 3.67. The van der Waals surface area contributed by atoms with Gasteiger partial charge < -0.3 is 15.1 Å². The predicted octanol–water partition coefficient (Wildman–Crippen LogP) is -0.445. The summed E-state index contributed by atoms with van der Waals surface area (Å²) in [6.45, 7) is 0.184. The lowest BCUT2D eigenvalue weighted by Gasteiger charge is -1.81. The van der Waals surface area contributed by atoms with Gasteiger partial charge in [-0.25, -0.2) is 9.97 Å². The number of H-pyrrole nitrogens is 2. The predicted molar refractivity (Wildman–Crippen MR) is 55.4 cm³/mol. The first kappa shape index (κ1) is 10.7. The molecule has 76 valence electrons. The van der Waals surface area contributed by atoms with E-state index in [1.54, 1.807) is 0 Å². The zero-order valence-electron chi connectivity index (χ0n) is 7.27. The first-order chi connectivity index (χ1) is 6.79. The molecule has 2 heterocycles. The molecule has 0 unspecified atom stereocenters. The molecule has 0 saturated heterocycles. The Morgan fingerprint density at radius 3 is 2.43 bits per heavy atom. The lowest BCUT2D eigenvalue weighted by Crippen LogP contribution is -2.05. The molecule has 7 heteroatoms. The number of aromatic amines is 2. The first-order valence-electron chi connectivity index (χ1n) is 3.88. The minimum atomic E-state index is -0.192. The monoisotopic (exact) mass is 214 g/mol. The molecule has 0 aliphatic heterocycles. The van der Waals surface area contributed by atoms with Crippen molar-refractivity contribution in [1.29, 1.82) is 0 Å². The van der Waals surface area contributed by atoms with Gasteiger partial charge in [-0.15, -0.1) is 0 Å². The number of rotatable bonds is 1. The average Bonchev–Trinajstić information content (AvgIpc) is 2.68. The fourth-order valence-corrected chi connectivity index (χ4v) is 0.776. The maximum Gasteiger partial charge on any atom is 0.276 e. The first-order valence-corrected chi connectivity index (χ1v) is 4.51. The number of hydrogen-bond acceptors (Lipinski definition) is 5. The summed E-state index contributed by atoms with van der Waals surface area (Å²) in [5.74, 6) is 0.569. The van der Waals surface area contributed by atoms with Gasteiger partial charge in [0, 0.05) is 5.75 Å². The smallest absolute Gasteiger partial charge is 0.276 e. The molecule has 2 rings (SSSR count). The van der Waals surface area contributed by atoms with Crippen molar-refractivity contribution in [3.05, 3.63) is 23.0 Å². The second-order valence-electron chi connectivity index (χ2n) is 2.28. The summed E-state index contributed by atoms with van der Waals surface area (Å²) in [4.78, 5) is 23.6. The van der Waals surface area contributed by atoms with E-state index in [-0.39, 0.29) is 12.2 Å². The molecule has 2 aromatic heterocycles. The van der Waals surface area contributed by atoms with Crippen molar-refractivity contribution < 1.29 is 5.11 Å². The van der Waals surface area contributed by atoms with Crippen LogP contribution >= 0.6 is 12.6 Å². The molecule has 2 aromatic rings. The molecule has 0 saturated carbocycles. The van der Waals surface area contributed by atoms with Crippen LogP contribution in [0.4, 0.5) is 0 Å². The zero-order chi connectivity index (χ0) is 10.4. The number of aliphatic hydroxyl groups is 1. The van der Waals surface area contributed by atoms with Crippen LogP contribution in [0.1, 0.15) is 0 Å². The van der Waals surface area contributed by atoms with Crippen LogP contribution in [0.15, 0.2) is 17.4 Å². The molecule has 0 amide bonds. The van der Waals surface area contributed by atoms with Gasteiger partial charge in [0.15, 0.2) is 11.2 Å². The van der Waals surface area contributed by atoms with E-state index >= 15 is 0 Å². The molecule has 0 aliphatic rings. The Balaban J connectivity index is 0.000000213. The topological polar surface area (TPSA) is 94.7 Å². The van der Waals surface area contributed by atoms with E-state index in [2.05, 4.69) is 32.6 Å². The molecule has 0 radical (unpaired) electrons. The number of aromatic nitrogens is 4. The summed E-state index contributed by atoms with van der Waals surface area (Å²) in [5, 5.41) is 7.80. The van der Waals surface area contributed by atoms with E-state index in [9.17, 15) is 4.79 Å². The number of thiol groups is 1. The largest absolute Gasteiger partial charge is 0.396 e. The Labute approximate surface area is 84.8 Å². The van der Waals surface area contributed by atoms with Gasteiger partial charge in [0.1, 0.15) is 0 Å². The lowest BCUT2D eigenvalue weighted by atomic mass is 10.6. The second kappa shape index (κ2) is 5.40. The van der Waals surface area contributed by atoms with Crippen molar-refractivity contribution >= 4 is 23.8 Å². The summed E-state index contributed by atoms with van der Waals surface area (Å²) in [5.41, 5.74) is 0.675. The molecule has 3 N–H and O–H groups in total. The Morgan fingerprint density at radius 1 is 1.36 bits per heavy atom. The average molecular weight is 214 g/mol. The Hall–Kier alpha value is -1.34. The van der Waals surface area contributed by atoms with Gasteiger partial charge in [-0.1, -0.05) is 0 Å². The summed E-state index contributed by atoms with van der Waals surface area (Å²) in [7, 11) is 0. The van der Waals surface area contributed by atoms with Gasteiger partial charge in [-0.3, -0.25) is 4.79 Å². The van der Waals surface area contributed by atoms with Crippen LogP contribution in [0.5, 0.6) is 0 Å². The maximum atomic E-state index is 10.9. The van der Waals surface area contributed by atoms with Crippen LogP contribution in [-0.2, 0) is 0 Å². The van der Waals surface area contributed by atoms with E-state index < -0.39 is 0 Å². The van der Waals surface area contributed by atoms with Crippen LogP contribution in [0.2, 0.25) is 0 Å². The van der Waals surface area contributed by atoms with E-state index in [4.69, 9.17) is 5.11 Å². The van der Waals surface area contributed by atoms with Gasteiger partial charge in [-0.2, -0.15) is 12.6 Å². The minimum absolute atomic E-state index is 0.184. The van der Waals surface area contributed by atoms with Gasteiger partial charge in [0.05, 0.1) is 19.3 Å². The highest BCUT2D eigenvalue weighted by molar-refractivity contribution is 7.80. The lowest BCUT2D eigenvalue weighted by molar-refractivity contribution is 0.323. The Kier molecular flexibility index (Phi) is 4.14. The number of hydrogen-bond donors (Lipinski definition) is 4. The molecule has 0 bridgehead atoms. The molecule has 6 nitrogen and oxygen atoms in total. The molecular formula is C7H10N4O2S. The number of aliphatic hydroxyl groups excluding tert-OH is 1. The molecular weight excluding hydrogens is 204 g/mol. The van der Waals surface area contributed by atoms with Crippen LogP contribution in [0.25, 0.3) is 11.2 Å². The normalized spacial score (nSPS) is 9.57. The van der Waals surface area contributed by atoms with E-state index in [1.807, 2.05) is 0 Å². The Bertz CT molecular complexity index is 436. The highest BCUT2D eigenvalue weighted by Gasteiger charge is 1.97. The number of imidazole rings is 1. The highest BCUT2D eigenvalue weighted by atomic mass is 32.1. The van der Waals surface area contributed by atoms with Gasteiger partial charge in [-0.05, 0) is 0 Å². The van der Waals surface area contributed by atoms with Crippen LogP contribution in [-0.4, -0.2) is 37.4 Å².